The van der Waals surface area contributed by atoms with Gasteiger partial charge in [0.2, 0.25) is 10.0 Å². The first-order chi connectivity index (χ1) is 14.2. The van der Waals surface area contributed by atoms with Crippen molar-refractivity contribution < 1.29 is 17.6 Å². The predicted octanol–water partition coefficient (Wildman–Crippen LogP) is 2.35. The number of sulfonamides is 1. The fraction of sp³-hybridized carbons (Fsp3) is 0.333. The third kappa shape index (κ3) is 4.61. The van der Waals surface area contributed by atoms with Crippen LogP contribution in [0.25, 0.3) is 0 Å². The van der Waals surface area contributed by atoms with Crippen molar-refractivity contribution >= 4 is 21.6 Å². The lowest BCUT2D eigenvalue weighted by Crippen LogP contribution is -2.49. The van der Waals surface area contributed by atoms with Crippen molar-refractivity contribution in [1.29, 1.82) is 5.26 Å². The fourth-order valence-corrected chi connectivity index (χ4v) is 4.69. The van der Waals surface area contributed by atoms with Crippen LogP contribution in [0.5, 0.6) is 0 Å². The van der Waals surface area contributed by atoms with Gasteiger partial charge in [0.05, 0.1) is 10.6 Å². The molecular formula is C21H23FN4O3S. The van der Waals surface area contributed by atoms with Crippen molar-refractivity contribution in [3.05, 3.63) is 59.4 Å². The van der Waals surface area contributed by atoms with E-state index in [9.17, 15) is 22.9 Å². The Morgan fingerprint density at radius 3 is 2.43 bits per heavy atom. The van der Waals surface area contributed by atoms with E-state index in [-0.39, 0.29) is 22.4 Å². The highest BCUT2D eigenvalue weighted by atomic mass is 32.2. The molecule has 1 saturated heterocycles. The average Bonchev–Trinajstić information content (AvgIpc) is 2.72. The Balaban J connectivity index is 1.73. The van der Waals surface area contributed by atoms with Crippen LogP contribution in [0.2, 0.25) is 0 Å². The monoisotopic (exact) mass is 430 g/mol. The van der Waals surface area contributed by atoms with E-state index in [1.165, 1.54) is 18.2 Å². The van der Waals surface area contributed by atoms with Crippen LogP contribution in [0.4, 0.5) is 10.1 Å². The number of carbonyl (C=O) groups excluding carboxylic acids is 1. The van der Waals surface area contributed by atoms with Crippen molar-refractivity contribution in [3.63, 3.8) is 0 Å². The number of hydrogen-bond acceptors (Lipinski definition) is 5. The summed E-state index contributed by atoms with van der Waals surface area (Å²) in [5.41, 5.74) is 0.795. The van der Waals surface area contributed by atoms with Gasteiger partial charge in [-0.2, -0.15) is 5.26 Å². The molecule has 1 heterocycles. The van der Waals surface area contributed by atoms with Crippen molar-refractivity contribution in [1.82, 2.24) is 9.62 Å². The lowest BCUT2D eigenvalue weighted by Gasteiger charge is -2.36. The van der Waals surface area contributed by atoms with Crippen LogP contribution in [0.1, 0.15) is 29.8 Å². The predicted molar refractivity (Wildman–Crippen MR) is 111 cm³/mol. The van der Waals surface area contributed by atoms with Gasteiger partial charge in [-0.05, 0) is 44.2 Å². The molecule has 2 aromatic carbocycles. The van der Waals surface area contributed by atoms with Crippen molar-refractivity contribution in [2.45, 2.75) is 24.8 Å². The first-order valence-electron chi connectivity index (χ1n) is 9.58. The molecule has 9 heteroatoms. The first-order valence-corrected chi connectivity index (χ1v) is 11.1. The van der Waals surface area contributed by atoms with E-state index in [1.54, 1.807) is 43.0 Å². The van der Waals surface area contributed by atoms with E-state index in [0.717, 1.165) is 0 Å². The van der Waals surface area contributed by atoms with Crippen molar-refractivity contribution in [2.75, 3.05) is 31.1 Å². The number of nitrogens with one attached hydrogen (secondary N) is 1. The second-order valence-corrected chi connectivity index (χ2v) is 9.04. The Kier molecular flexibility index (Phi) is 6.39. The van der Waals surface area contributed by atoms with Crippen LogP contribution in [0.3, 0.4) is 0 Å². The molecule has 0 radical (unpaired) electrons. The number of nitriles is 1. The van der Waals surface area contributed by atoms with E-state index in [0.29, 0.717) is 37.4 Å². The molecule has 1 aliphatic heterocycles. The summed E-state index contributed by atoms with van der Waals surface area (Å²) in [7, 11) is -3.70. The first kappa shape index (κ1) is 21.7. The molecule has 7 nitrogen and oxygen atoms in total. The topological polar surface area (TPSA) is 93.5 Å². The summed E-state index contributed by atoms with van der Waals surface area (Å²) in [5, 5.41) is 9.23. The van der Waals surface area contributed by atoms with Crippen LogP contribution < -0.4 is 9.62 Å². The zero-order valence-corrected chi connectivity index (χ0v) is 17.6. The number of benzene rings is 2. The van der Waals surface area contributed by atoms with Gasteiger partial charge in [-0.25, -0.2) is 17.5 Å². The summed E-state index contributed by atoms with van der Waals surface area (Å²) in [4.78, 5) is 16.4. The molecule has 1 fully saturated rings. The van der Waals surface area contributed by atoms with E-state index in [4.69, 9.17) is 0 Å². The van der Waals surface area contributed by atoms with Crippen molar-refractivity contribution in [3.8, 4) is 6.07 Å². The van der Waals surface area contributed by atoms with Gasteiger partial charge in [-0.15, -0.1) is 0 Å². The summed E-state index contributed by atoms with van der Waals surface area (Å²) in [6.07, 6.45) is 0. The molecular weight excluding hydrogens is 407 g/mol. The Labute approximate surface area is 175 Å². The molecule has 1 N–H and O–H groups in total. The summed E-state index contributed by atoms with van der Waals surface area (Å²) in [6.45, 7) is 5.08. The summed E-state index contributed by atoms with van der Waals surface area (Å²) < 4.78 is 41.1. The Morgan fingerprint density at radius 2 is 1.80 bits per heavy atom. The zero-order valence-electron chi connectivity index (χ0n) is 16.8. The highest BCUT2D eigenvalue weighted by molar-refractivity contribution is 7.89. The molecule has 0 saturated carbocycles. The Morgan fingerprint density at radius 1 is 1.13 bits per heavy atom. The minimum Gasteiger partial charge on any atom is -0.367 e. The molecule has 0 spiro atoms. The van der Waals surface area contributed by atoms with Crippen LogP contribution >= 0.6 is 0 Å². The Bertz CT molecular complexity index is 1090. The number of carbonyl (C=O) groups is 1. The van der Waals surface area contributed by atoms with E-state index in [2.05, 4.69) is 4.72 Å². The average molecular weight is 431 g/mol. The molecule has 0 unspecified atom stereocenters. The lowest BCUT2D eigenvalue weighted by molar-refractivity contribution is 0.0746. The number of rotatable bonds is 5. The van der Waals surface area contributed by atoms with Gasteiger partial charge < -0.3 is 9.80 Å². The lowest BCUT2D eigenvalue weighted by atomic mass is 10.1. The van der Waals surface area contributed by atoms with Crippen LogP contribution in [0, 0.1) is 17.1 Å². The minimum atomic E-state index is -3.70. The largest absolute Gasteiger partial charge is 0.367 e. The number of amides is 1. The molecule has 2 aromatic rings. The highest BCUT2D eigenvalue weighted by Crippen LogP contribution is 2.24. The smallest absolute Gasteiger partial charge is 0.254 e. The number of anilines is 1. The molecule has 1 aliphatic rings. The van der Waals surface area contributed by atoms with Gasteiger partial charge in [-0.3, -0.25) is 4.79 Å². The number of nitrogens with zero attached hydrogens (tertiary/aromatic N) is 3. The van der Waals surface area contributed by atoms with E-state index in [1.807, 2.05) is 11.0 Å². The fourth-order valence-electron chi connectivity index (χ4n) is 3.39. The Hall–Kier alpha value is -2.96. The van der Waals surface area contributed by atoms with Gasteiger partial charge in [0.25, 0.3) is 5.91 Å². The highest BCUT2D eigenvalue weighted by Gasteiger charge is 2.25. The standard InChI is InChI=1S/C21H23FN4O3S/c1-15(2)24-30(28,29)17-6-3-5-16(13-17)21(27)26-11-9-25(10-12-26)20-8-4-7-19(22)18(20)14-23/h3-8,13,15,24H,9-12H2,1-2H3. The third-order valence-corrected chi connectivity index (χ3v) is 6.45. The van der Waals surface area contributed by atoms with E-state index < -0.39 is 15.8 Å². The van der Waals surface area contributed by atoms with Crippen LogP contribution in [-0.2, 0) is 10.0 Å². The van der Waals surface area contributed by atoms with E-state index >= 15 is 0 Å². The zero-order chi connectivity index (χ0) is 21.9. The number of hydrogen-bond donors (Lipinski definition) is 1. The molecule has 0 aromatic heterocycles. The molecule has 30 heavy (non-hydrogen) atoms. The maximum atomic E-state index is 13.9. The molecule has 0 atom stereocenters. The maximum absolute atomic E-state index is 13.9. The molecule has 1 amide bonds. The SMILES string of the molecule is CC(C)NS(=O)(=O)c1cccc(C(=O)N2CCN(c3cccc(F)c3C#N)CC2)c1. The molecule has 0 aliphatic carbocycles. The number of piperazine rings is 1. The number of halogens is 1. The van der Waals surface area contributed by atoms with Gasteiger partial charge in [0, 0.05) is 37.8 Å². The minimum absolute atomic E-state index is 0.00663. The molecule has 3 rings (SSSR count). The summed E-state index contributed by atoms with van der Waals surface area (Å²) >= 11 is 0. The normalized spacial score (nSPS) is 14.6. The second kappa shape index (κ2) is 8.81. The van der Waals surface area contributed by atoms with Crippen molar-refractivity contribution in [2.24, 2.45) is 0 Å². The quantitative estimate of drug-likeness (QED) is 0.786. The summed E-state index contributed by atoms with van der Waals surface area (Å²) in [6, 6.07) is 12.1. The maximum Gasteiger partial charge on any atom is 0.254 e. The van der Waals surface area contributed by atoms with Crippen LogP contribution in [-0.4, -0.2) is 51.4 Å². The van der Waals surface area contributed by atoms with Gasteiger partial charge in [0.1, 0.15) is 17.4 Å². The second-order valence-electron chi connectivity index (χ2n) is 7.33. The van der Waals surface area contributed by atoms with Gasteiger partial charge in [-0.1, -0.05) is 12.1 Å². The third-order valence-electron chi connectivity index (χ3n) is 4.79. The van der Waals surface area contributed by atoms with Gasteiger partial charge in [0.15, 0.2) is 0 Å². The van der Waals surface area contributed by atoms with Crippen LogP contribution in [0.15, 0.2) is 47.4 Å². The molecule has 0 bridgehead atoms. The van der Waals surface area contributed by atoms with Gasteiger partial charge >= 0.3 is 0 Å². The summed E-state index contributed by atoms with van der Waals surface area (Å²) in [5.74, 6) is -0.836. The molecule has 158 valence electrons.